The highest BCUT2D eigenvalue weighted by Crippen LogP contribution is 2.28. The Hall–Kier alpha value is -3.42. The van der Waals surface area contributed by atoms with E-state index in [2.05, 4.69) is 10.2 Å². The monoisotopic (exact) mass is 446 g/mol. The van der Waals surface area contributed by atoms with Crippen molar-refractivity contribution in [3.05, 3.63) is 89.4 Å². The van der Waals surface area contributed by atoms with Crippen molar-refractivity contribution in [3.8, 4) is 22.0 Å². The zero-order chi connectivity index (χ0) is 22.3. The Morgan fingerprint density at radius 2 is 1.94 bits per heavy atom. The molecule has 0 radical (unpaired) electrons. The minimum Gasteiger partial charge on any atom is -0.492 e. The lowest BCUT2D eigenvalue weighted by molar-refractivity contribution is 0.0951. The highest BCUT2D eigenvalue weighted by atomic mass is 32.1. The van der Waals surface area contributed by atoms with E-state index in [1.807, 2.05) is 86.2 Å². The summed E-state index contributed by atoms with van der Waals surface area (Å²) in [6.45, 7) is 1.87. The summed E-state index contributed by atoms with van der Waals surface area (Å²) >= 11 is 1.57. The second-order valence-corrected chi connectivity index (χ2v) is 8.58. The number of thiophene rings is 1. The first-order chi connectivity index (χ1) is 15.6. The number of aromatic nitrogens is 2. The maximum absolute atomic E-state index is 13.1. The Bertz CT molecular complexity index is 1150. The van der Waals surface area contributed by atoms with Crippen LogP contribution in [0.25, 0.3) is 16.3 Å². The number of rotatable bonds is 9. The van der Waals surface area contributed by atoms with Crippen LogP contribution >= 0.6 is 11.3 Å². The van der Waals surface area contributed by atoms with E-state index >= 15 is 0 Å². The summed E-state index contributed by atoms with van der Waals surface area (Å²) in [6.07, 6.45) is 1.79. The van der Waals surface area contributed by atoms with Crippen molar-refractivity contribution in [2.45, 2.75) is 6.54 Å². The van der Waals surface area contributed by atoms with Gasteiger partial charge >= 0.3 is 0 Å². The molecule has 0 saturated carbocycles. The molecule has 2 aromatic heterocycles. The smallest absolute Gasteiger partial charge is 0.255 e. The van der Waals surface area contributed by atoms with Crippen LogP contribution in [0.2, 0.25) is 0 Å². The summed E-state index contributed by atoms with van der Waals surface area (Å²) < 4.78 is 7.56. The van der Waals surface area contributed by atoms with Crippen LogP contribution in [0.5, 0.6) is 5.75 Å². The van der Waals surface area contributed by atoms with Crippen LogP contribution in [0.1, 0.15) is 15.9 Å². The molecule has 6 nitrogen and oxygen atoms in total. The first kappa shape index (κ1) is 21.8. The molecule has 0 bridgehead atoms. The van der Waals surface area contributed by atoms with Crippen LogP contribution < -0.4 is 10.1 Å². The van der Waals surface area contributed by atoms with Gasteiger partial charge in [0.1, 0.15) is 18.1 Å². The predicted octanol–water partition coefficient (Wildman–Crippen LogP) is 4.47. The molecule has 0 atom stereocenters. The fourth-order valence-electron chi connectivity index (χ4n) is 3.22. The Labute approximate surface area is 192 Å². The van der Waals surface area contributed by atoms with Gasteiger partial charge in [0.25, 0.3) is 5.91 Å². The van der Waals surface area contributed by atoms with Gasteiger partial charge in [-0.05, 0) is 55.4 Å². The standard InChI is InChI=1S/C25H26N4O2S/c1-28(2)13-14-31-21-11-6-8-19(16-21)17-26-25(30)22-18-29(20-9-4-3-5-10-20)27-24(22)23-12-7-15-32-23/h3-12,15-16,18H,13-14,17H2,1-2H3,(H,26,30). The summed E-state index contributed by atoms with van der Waals surface area (Å²) in [5.41, 5.74) is 3.12. The number of nitrogens with one attached hydrogen (secondary N) is 1. The summed E-state index contributed by atoms with van der Waals surface area (Å²) in [6, 6.07) is 21.6. The van der Waals surface area contributed by atoms with Gasteiger partial charge in [0.15, 0.2) is 0 Å². The molecule has 4 rings (SSSR count). The van der Waals surface area contributed by atoms with E-state index in [0.717, 1.165) is 28.4 Å². The molecule has 7 heteroatoms. The first-order valence-electron chi connectivity index (χ1n) is 10.4. The SMILES string of the molecule is CN(C)CCOc1cccc(CNC(=O)c2cn(-c3ccccc3)nc2-c2cccs2)c1. The van der Waals surface area contributed by atoms with E-state index < -0.39 is 0 Å². The Morgan fingerprint density at radius 1 is 1.09 bits per heavy atom. The fourth-order valence-corrected chi connectivity index (χ4v) is 3.94. The first-order valence-corrected chi connectivity index (χ1v) is 11.3. The summed E-state index contributed by atoms with van der Waals surface area (Å²) in [7, 11) is 4.03. The summed E-state index contributed by atoms with van der Waals surface area (Å²) in [5.74, 6) is 0.643. The van der Waals surface area contributed by atoms with Crippen molar-refractivity contribution in [1.82, 2.24) is 20.0 Å². The molecule has 2 heterocycles. The summed E-state index contributed by atoms with van der Waals surface area (Å²) in [4.78, 5) is 16.1. The molecule has 0 spiro atoms. The van der Waals surface area contributed by atoms with E-state index in [-0.39, 0.29) is 5.91 Å². The van der Waals surface area contributed by atoms with Gasteiger partial charge in [-0.3, -0.25) is 4.79 Å². The molecule has 4 aromatic rings. The van der Waals surface area contributed by atoms with Crippen molar-refractivity contribution in [2.75, 3.05) is 27.2 Å². The number of hydrogen-bond acceptors (Lipinski definition) is 5. The molecule has 2 aromatic carbocycles. The van der Waals surface area contributed by atoms with Gasteiger partial charge in [-0.15, -0.1) is 11.3 Å². The Morgan fingerprint density at radius 3 is 2.69 bits per heavy atom. The van der Waals surface area contributed by atoms with Gasteiger partial charge in [0.05, 0.1) is 16.1 Å². The number of carbonyl (C=O) groups excluding carboxylic acids is 1. The van der Waals surface area contributed by atoms with Crippen LogP contribution in [-0.2, 0) is 6.54 Å². The number of likely N-dealkylation sites (N-methyl/N-ethyl adjacent to an activating group) is 1. The van der Waals surface area contributed by atoms with E-state index in [1.54, 1.807) is 22.2 Å². The quantitative estimate of drug-likeness (QED) is 0.412. The van der Waals surface area contributed by atoms with Crippen LogP contribution in [0, 0.1) is 0 Å². The van der Waals surface area contributed by atoms with Crippen LogP contribution in [0.3, 0.4) is 0 Å². The zero-order valence-corrected chi connectivity index (χ0v) is 19.0. The number of nitrogens with zero attached hydrogens (tertiary/aromatic N) is 3. The van der Waals surface area contributed by atoms with E-state index in [1.165, 1.54) is 0 Å². The van der Waals surface area contributed by atoms with Crippen molar-refractivity contribution in [3.63, 3.8) is 0 Å². The van der Waals surface area contributed by atoms with Gasteiger partial charge in [-0.1, -0.05) is 36.4 Å². The van der Waals surface area contributed by atoms with Gasteiger partial charge in [0.2, 0.25) is 0 Å². The molecule has 1 amide bonds. The second kappa shape index (κ2) is 10.3. The third-order valence-electron chi connectivity index (χ3n) is 4.89. The molecular weight excluding hydrogens is 420 g/mol. The Kier molecular flexibility index (Phi) is 6.99. The molecule has 0 fully saturated rings. The van der Waals surface area contributed by atoms with E-state index in [9.17, 15) is 4.79 Å². The molecule has 0 aliphatic heterocycles. The van der Waals surface area contributed by atoms with Crippen molar-refractivity contribution >= 4 is 17.2 Å². The van der Waals surface area contributed by atoms with E-state index in [0.29, 0.717) is 24.4 Å². The second-order valence-electron chi connectivity index (χ2n) is 7.63. The highest BCUT2D eigenvalue weighted by Gasteiger charge is 2.19. The average molecular weight is 447 g/mol. The third-order valence-corrected chi connectivity index (χ3v) is 5.77. The fraction of sp³-hybridized carbons (Fsp3) is 0.200. The number of benzene rings is 2. The van der Waals surface area contributed by atoms with E-state index in [4.69, 9.17) is 9.84 Å². The normalized spacial score (nSPS) is 11.0. The molecular formula is C25H26N4O2S. The van der Waals surface area contributed by atoms with Gasteiger partial charge < -0.3 is 15.0 Å². The van der Waals surface area contributed by atoms with Gasteiger partial charge in [-0.2, -0.15) is 5.10 Å². The number of amides is 1. The largest absolute Gasteiger partial charge is 0.492 e. The zero-order valence-electron chi connectivity index (χ0n) is 18.2. The topological polar surface area (TPSA) is 59.4 Å². The molecule has 1 N–H and O–H groups in total. The molecule has 32 heavy (non-hydrogen) atoms. The lowest BCUT2D eigenvalue weighted by Gasteiger charge is -2.12. The maximum Gasteiger partial charge on any atom is 0.255 e. The van der Waals surface area contributed by atoms with Crippen LogP contribution in [0.4, 0.5) is 0 Å². The van der Waals surface area contributed by atoms with Crippen LogP contribution in [0.15, 0.2) is 78.3 Å². The van der Waals surface area contributed by atoms with Gasteiger partial charge in [0, 0.05) is 19.3 Å². The lowest BCUT2D eigenvalue weighted by Crippen LogP contribution is -2.23. The maximum atomic E-state index is 13.1. The molecule has 0 aliphatic carbocycles. The number of ether oxygens (including phenoxy) is 1. The average Bonchev–Trinajstić information content (AvgIpc) is 3.48. The van der Waals surface area contributed by atoms with Crippen molar-refractivity contribution in [2.24, 2.45) is 0 Å². The van der Waals surface area contributed by atoms with Crippen LogP contribution in [-0.4, -0.2) is 47.8 Å². The lowest BCUT2D eigenvalue weighted by atomic mass is 10.2. The third kappa shape index (κ3) is 5.43. The number of carbonyl (C=O) groups is 1. The minimum atomic E-state index is -0.158. The molecule has 0 unspecified atom stereocenters. The molecule has 164 valence electrons. The van der Waals surface area contributed by atoms with Gasteiger partial charge in [-0.25, -0.2) is 4.68 Å². The summed E-state index contributed by atoms with van der Waals surface area (Å²) in [5, 5.41) is 9.72. The predicted molar refractivity (Wildman–Crippen MR) is 129 cm³/mol. The number of para-hydroxylation sites is 1. The molecule has 0 aliphatic rings. The highest BCUT2D eigenvalue weighted by molar-refractivity contribution is 7.13. The molecule has 0 saturated heterocycles. The van der Waals surface area contributed by atoms with Crippen molar-refractivity contribution in [1.29, 1.82) is 0 Å². The number of hydrogen-bond donors (Lipinski definition) is 1. The van der Waals surface area contributed by atoms with Crippen molar-refractivity contribution < 1.29 is 9.53 Å². The Balaban J connectivity index is 1.49. The minimum absolute atomic E-state index is 0.158.